The van der Waals surface area contributed by atoms with Crippen molar-refractivity contribution < 1.29 is 4.74 Å². The molecule has 1 aromatic heterocycles. The molecule has 0 bridgehead atoms. The highest BCUT2D eigenvalue weighted by Gasteiger charge is 2.16. The number of nitrogens with zero attached hydrogens (tertiary/aromatic N) is 3. The van der Waals surface area contributed by atoms with Gasteiger partial charge in [-0.3, -0.25) is 0 Å². The molecule has 7 heteroatoms. The summed E-state index contributed by atoms with van der Waals surface area (Å²) in [6.07, 6.45) is 0. The van der Waals surface area contributed by atoms with E-state index in [4.69, 9.17) is 22.1 Å². The molecule has 0 radical (unpaired) electrons. The molecule has 0 amide bonds. The lowest BCUT2D eigenvalue weighted by molar-refractivity contribution is 0.417. The maximum absolute atomic E-state index is 9.51. The smallest absolute Gasteiger partial charge is 0.160 e. The average molecular weight is 368 g/mol. The lowest BCUT2D eigenvalue weighted by Gasteiger charge is -2.13. The maximum atomic E-state index is 9.51. The van der Waals surface area contributed by atoms with Gasteiger partial charge < -0.3 is 15.8 Å². The molecule has 0 aliphatic rings. The Balaban J connectivity index is 1.94. The molecule has 3 rings (SSSR count). The standard InChI is InChI=1S/C19H18ClN5O/c1-12-15(10-21)19(25(24-12)14-6-4-3-5-7-14)23-11-13-8-16(20)18(26-2)17(22)9-13/h3-9,23H,11,22H2,1-2H3. The van der Waals surface area contributed by atoms with Crippen molar-refractivity contribution in [3.63, 3.8) is 0 Å². The van der Waals surface area contributed by atoms with Crippen molar-refractivity contribution in [3.05, 3.63) is 64.3 Å². The van der Waals surface area contributed by atoms with Crippen LogP contribution in [-0.4, -0.2) is 16.9 Å². The fourth-order valence-corrected chi connectivity index (χ4v) is 3.08. The minimum absolute atomic E-state index is 0.431. The van der Waals surface area contributed by atoms with Crippen LogP contribution in [-0.2, 0) is 6.54 Å². The molecule has 0 spiro atoms. The zero-order chi connectivity index (χ0) is 18.7. The van der Waals surface area contributed by atoms with Gasteiger partial charge in [0.1, 0.15) is 17.5 Å². The van der Waals surface area contributed by atoms with E-state index in [0.717, 1.165) is 11.3 Å². The molecular formula is C19H18ClN5O. The van der Waals surface area contributed by atoms with E-state index in [2.05, 4.69) is 16.5 Å². The summed E-state index contributed by atoms with van der Waals surface area (Å²) in [6.45, 7) is 2.24. The number of aromatic nitrogens is 2. The summed E-state index contributed by atoms with van der Waals surface area (Å²) in [5.74, 6) is 1.08. The molecule has 1 heterocycles. The lowest BCUT2D eigenvalue weighted by atomic mass is 10.1. The van der Waals surface area contributed by atoms with Gasteiger partial charge in [0.15, 0.2) is 5.75 Å². The Morgan fingerprint density at radius 2 is 2.04 bits per heavy atom. The number of nitrogens with two attached hydrogens (primary N) is 1. The van der Waals surface area contributed by atoms with Gasteiger partial charge in [-0.05, 0) is 36.8 Å². The highest BCUT2D eigenvalue weighted by molar-refractivity contribution is 6.32. The van der Waals surface area contributed by atoms with Crippen molar-refractivity contribution in [2.24, 2.45) is 0 Å². The molecule has 2 aromatic carbocycles. The minimum Gasteiger partial charge on any atom is -0.493 e. The molecule has 3 N–H and O–H groups in total. The number of nitrogens with one attached hydrogen (secondary N) is 1. The minimum atomic E-state index is 0.431. The summed E-state index contributed by atoms with van der Waals surface area (Å²) in [5, 5.41) is 17.7. The van der Waals surface area contributed by atoms with Gasteiger partial charge in [-0.1, -0.05) is 29.8 Å². The number of nitriles is 1. The summed E-state index contributed by atoms with van der Waals surface area (Å²) in [6, 6.07) is 15.4. The van der Waals surface area contributed by atoms with Crippen LogP contribution in [0.25, 0.3) is 5.69 Å². The number of halogens is 1. The average Bonchev–Trinajstić information content (AvgIpc) is 2.96. The van der Waals surface area contributed by atoms with Gasteiger partial charge in [-0.25, -0.2) is 4.68 Å². The third-order valence-corrected chi connectivity index (χ3v) is 4.25. The lowest BCUT2D eigenvalue weighted by Crippen LogP contribution is -2.08. The van der Waals surface area contributed by atoms with E-state index in [0.29, 0.717) is 40.1 Å². The zero-order valence-electron chi connectivity index (χ0n) is 14.5. The Labute approximate surface area is 156 Å². The molecule has 26 heavy (non-hydrogen) atoms. The first-order valence-corrected chi connectivity index (χ1v) is 8.33. The second kappa shape index (κ2) is 7.38. The third kappa shape index (κ3) is 3.30. The van der Waals surface area contributed by atoms with Gasteiger partial charge in [-0.15, -0.1) is 0 Å². The van der Waals surface area contributed by atoms with E-state index in [1.54, 1.807) is 16.8 Å². The molecule has 6 nitrogen and oxygen atoms in total. The van der Waals surface area contributed by atoms with Crippen molar-refractivity contribution in [2.75, 3.05) is 18.2 Å². The van der Waals surface area contributed by atoms with Crippen LogP contribution in [0.4, 0.5) is 11.5 Å². The number of anilines is 2. The Morgan fingerprint density at radius 3 is 2.65 bits per heavy atom. The highest BCUT2D eigenvalue weighted by atomic mass is 35.5. The van der Waals surface area contributed by atoms with Gasteiger partial charge >= 0.3 is 0 Å². The topological polar surface area (TPSA) is 88.9 Å². The predicted molar refractivity (Wildman–Crippen MR) is 103 cm³/mol. The van der Waals surface area contributed by atoms with Crippen molar-refractivity contribution >= 4 is 23.1 Å². The van der Waals surface area contributed by atoms with Gasteiger partial charge in [0, 0.05) is 6.54 Å². The molecule has 0 aliphatic carbocycles. The fraction of sp³-hybridized carbons (Fsp3) is 0.158. The number of rotatable bonds is 5. The van der Waals surface area contributed by atoms with Gasteiger partial charge in [0.05, 0.1) is 29.2 Å². The van der Waals surface area contributed by atoms with E-state index in [1.807, 2.05) is 37.3 Å². The molecule has 0 saturated heterocycles. The van der Waals surface area contributed by atoms with E-state index in [9.17, 15) is 5.26 Å². The maximum Gasteiger partial charge on any atom is 0.160 e. The van der Waals surface area contributed by atoms with E-state index >= 15 is 0 Å². The van der Waals surface area contributed by atoms with Crippen LogP contribution >= 0.6 is 11.6 Å². The summed E-state index contributed by atoms with van der Waals surface area (Å²) >= 11 is 6.20. The van der Waals surface area contributed by atoms with Gasteiger partial charge in [0.25, 0.3) is 0 Å². The SMILES string of the molecule is COc1c(N)cc(CNc2c(C#N)c(C)nn2-c2ccccc2)cc1Cl. The molecule has 0 saturated carbocycles. The number of methoxy groups -OCH3 is 1. The Morgan fingerprint density at radius 1 is 1.31 bits per heavy atom. The van der Waals surface area contributed by atoms with Crippen LogP contribution in [0, 0.1) is 18.3 Å². The summed E-state index contributed by atoms with van der Waals surface area (Å²) in [7, 11) is 1.52. The predicted octanol–water partition coefficient (Wildman–Crippen LogP) is 3.91. The first kappa shape index (κ1) is 17.6. The highest BCUT2D eigenvalue weighted by Crippen LogP contribution is 2.32. The van der Waals surface area contributed by atoms with Crippen LogP contribution in [0.15, 0.2) is 42.5 Å². The molecule has 0 fully saturated rings. The largest absolute Gasteiger partial charge is 0.493 e. The fourth-order valence-electron chi connectivity index (χ4n) is 2.76. The van der Waals surface area contributed by atoms with Gasteiger partial charge in [-0.2, -0.15) is 10.4 Å². The molecule has 132 valence electrons. The summed E-state index contributed by atoms with van der Waals surface area (Å²) < 4.78 is 6.90. The molecular weight excluding hydrogens is 350 g/mol. The van der Waals surface area contributed by atoms with Crippen LogP contribution in [0.3, 0.4) is 0 Å². The second-order valence-corrected chi connectivity index (χ2v) is 6.13. The van der Waals surface area contributed by atoms with E-state index in [-0.39, 0.29) is 0 Å². The zero-order valence-corrected chi connectivity index (χ0v) is 15.2. The van der Waals surface area contributed by atoms with Crippen molar-refractivity contribution in [1.82, 2.24) is 9.78 Å². The van der Waals surface area contributed by atoms with E-state index < -0.39 is 0 Å². The van der Waals surface area contributed by atoms with Crippen LogP contribution < -0.4 is 15.8 Å². The Hall–Kier alpha value is -3.17. The van der Waals surface area contributed by atoms with Gasteiger partial charge in [0.2, 0.25) is 0 Å². The summed E-state index contributed by atoms with van der Waals surface area (Å²) in [4.78, 5) is 0. The van der Waals surface area contributed by atoms with Crippen LogP contribution in [0.5, 0.6) is 5.75 Å². The number of hydrogen-bond donors (Lipinski definition) is 2. The third-order valence-electron chi connectivity index (χ3n) is 3.97. The quantitative estimate of drug-likeness (QED) is 0.667. The van der Waals surface area contributed by atoms with E-state index in [1.165, 1.54) is 7.11 Å². The Bertz CT molecular complexity index is 953. The first-order valence-electron chi connectivity index (χ1n) is 7.96. The summed E-state index contributed by atoms with van der Waals surface area (Å²) in [5.41, 5.74) is 9.34. The second-order valence-electron chi connectivity index (χ2n) is 5.72. The normalized spacial score (nSPS) is 10.4. The number of ether oxygens (including phenoxy) is 1. The number of aryl methyl sites for hydroxylation is 1. The van der Waals surface area contributed by atoms with Crippen molar-refractivity contribution in [1.29, 1.82) is 5.26 Å². The monoisotopic (exact) mass is 367 g/mol. The first-order chi connectivity index (χ1) is 12.5. The number of para-hydroxylation sites is 1. The van der Waals surface area contributed by atoms with Crippen LogP contribution in [0.1, 0.15) is 16.8 Å². The van der Waals surface area contributed by atoms with Crippen LogP contribution in [0.2, 0.25) is 5.02 Å². The number of nitrogen functional groups attached to an aromatic ring is 1. The number of hydrogen-bond acceptors (Lipinski definition) is 5. The molecule has 0 aliphatic heterocycles. The Kier molecular flexibility index (Phi) is 5.01. The molecule has 3 aromatic rings. The van der Waals surface area contributed by atoms with Crippen molar-refractivity contribution in [2.45, 2.75) is 13.5 Å². The molecule has 0 atom stereocenters. The number of benzene rings is 2. The van der Waals surface area contributed by atoms with Crippen molar-refractivity contribution in [3.8, 4) is 17.5 Å². The molecule has 0 unspecified atom stereocenters.